The van der Waals surface area contributed by atoms with Crippen LogP contribution >= 0.6 is 0 Å². The van der Waals surface area contributed by atoms with Crippen LogP contribution in [0.4, 0.5) is 0 Å². The van der Waals surface area contributed by atoms with Crippen molar-refractivity contribution in [2.75, 3.05) is 0 Å². The van der Waals surface area contributed by atoms with Crippen molar-refractivity contribution in [3.05, 3.63) is 42.0 Å². The zero-order valence-electron chi connectivity index (χ0n) is 8.88. The summed E-state index contributed by atoms with van der Waals surface area (Å²) >= 11 is 0. The topological polar surface area (TPSA) is 56.7 Å². The SMILES string of the molecule is Cc1nnc(C(C)N)n1-c1ccccc1. The number of aryl methyl sites for hydroxylation is 1. The van der Waals surface area contributed by atoms with Gasteiger partial charge in [0.2, 0.25) is 0 Å². The monoisotopic (exact) mass is 202 g/mol. The van der Waals surface area contributed by atoms with Gasteiger partial charge in [-0.15, -0.1) is 10.2 Å². The number of benzene rings is 1. The molecule has 1 unspecified atom stereocenters. The minimum Gasteiger partial charge on any atom is -0.322 e. The zero-order chi connectivity index (χ0) is 10.8. The molecule has 4 heteroatoms. The van der Waals surface area contributed by atoms with Crippen LogP contribution in [0.5, 0.6) is 0 Å². The summed E-state index contributed by atoms with van der Waals surface area (Å²) in [4.78, 5) is 0. The molecule has 0 amide bonds. The van der Waals surface area contributed by atoms with E-state index in [1.54, 1.807) is 0 Å². The van der Waals surface area contributed by atoms with Gasteiger partial charge in [0.05, 0.1) is 6.04 Å². The molecule has 1 atom stereocenters. The largest absolute Gasteiger partial charge is 0.322 e. The van der Waals surface area contributed by atoms with Gasteiger partial charge in [0.15, 0.2) is 5.82 Å². The minimum atomic E-state index is -0.119. The number of hydrogen-bond donors (Lipinski definition) is 1. The molecule has 4 nitrogen and oxygen atoms in total. The summed E-state index contributed by atoms with van der Waals surface area (Å²) in [7, 11) is 0. The summed E-state index contributed by atoms with van der Waals surface area (Å²) in [5.41, 5.74) is 6.89. The van der Waals surface area contributed by atoms with E-state index in [4.69, 9.17) is 5.73 Å². The fraction of sp³-hybridized carbons (Fsp3) is 0.273. The van der Waals surface area contributed by atoms with Gasteiger partial charge >= 0.3 is 0 Å². The molecule has 1 aromatic carbocycles. The first kappa shape index (κ1) is 9.86. The first-order valence-electron chi connectivity index (χ1n) is 4.93. The number of hydrogen-bond acceptors (Lipinski definition) is 3. The van der Waals surface area contributed by atoms with Crippen LogP contribution in [-0.4, -0.2) is 14.8 Å². The molecule has 2 N–H and O–H groups in total. The molecule has 2 rings (SSSR count). The van der Waals surface area contributed by atoms with Crippen molar-refractivity contribution < 1.29 is 0 Å². The van der Waals surface area contributed by atoms with Crippen LogP contribution in [0.2, 0.25) is 0 Å². The van der Waals surface area contributed by atoms with Gasteiger partial charge < -0.3 is 5.73 Å². The quantitative estimate of drug-likeness (QED) is 0.804. The second-order valence-corrected chi connectivity index (χ2v) is 3.57. The lowest BCUT2D eigenvalue weighted by Gasteiger charge is -2.10. The molecule has 0 saturated carbocycles. The molecule has 0 spiro atoms. The van der Waals surface area contributed by atoms with Crippen LogP contribution in [0.3, 0.4) is 0 Å². The number of nitrogens with zero attached hydrogens (tertiary/aromatic N) is 3. The predicted molar refractivity (Wildman–Crippen MR) is 58.7 cm³/mol. The van der Waals surface area contributed by atoms with Gasteiger partial charge in [-0.1, -0.05) is 18.2 Å². The Bertz CT molecular complexity index is 445. The maximum atomic E-state index is 5.84. The highest BCUT2D eigenvalue weighted by Gasteiger charge is 2.13. The second kappa shape index (κ2) is 3.82. The Morgan fingerprint density at radius 2 is 1.87 bits per heavy atom. The van der Waals surface area contributed by atoms with E-state index in [0.717, 1.165) is 17.3 Å². The van der Waals surface area contributed by atoms with Gasteiger partial charge in [-0.05, 0) is 26.0 Å². The normalized spacial score (nSPS) is 12.7. The summed E-state index contributed by atoms with van der Waals surface area (Å²) in [6.07, 6.45) is 0. The van der Waals surface area contributed by atoms with Crippen molar-refractivity contribution in [1.29, 1.82) is 0 Å². The van der Waals surface area contributed by atoms with Crippen LogP contribution in [0.15, 0.2) is 30.3 Å². The molecular formula is C11H14N4. The van der Waals surface area contributed by atoms with Crippen molar-refractivity contribution in [1.82, 2.24) is 14.8 Å². The van der Waals surface area contributed by atoms with E-state index in [1.165, 1.54) is 0 Å². The van der Waals surface area contributed by atoms with Crippen LogP contribution in [0.25, 0.3) is 5.69 Å². The molecule has 1 aromatic heterocycles. The maximum absolute atomic E-state index is 5.84. The van der Waals surface area contributed by atoms with Gasteiger partial charge in [0.1, 0.15) is 5.82 Å². The van der Waals surface area contributed by atoms with Crippen LogP contribution < -0.4 is 5.73 Å². The lowest BCUT2D eigenvalue weighted by Crippen LogP contribution is -2.13. The van der Waals surface area contributed by atoms with Crippen LogP contribution in [0.1, 0.15) is 24.6 Å². The molecule has 0 saturated heterocycles. The Morgan fingerprint density at radius 1 is 1.20 bits per heavy atom. The standard InChI is InChI=1S/C11H14N4/c1-8(12)11-14-13-9(2)15(11)10-6-4-3-5-7-10/h3-8H,12H2,1-2H3. The lowest BCUT2D eigenvalue weighted by molar-refractivity contribution is 0.712. The van der Waals surface area contributed by atoms with Gasteiger partial charge in [-0.25, -0.2) is 0 Å². The Balaban J connectivity index is 2.57. The molecule has 0 aliphatic heterocycles. The second-order valence-electron chi connectivity index (χ2n) is 3.57. The molecule has 78 valence electrons. The van der Waals surface area contributed by atoms with E-state index in [9.17, 15) is 0 Å². The van der Waals surface area contributed by atoms with E-state index in [0.29, 0.717) is 0 Å². The fourth-order valence-corrected chi connectivity index (χ4v) is 1.57. The van der Waals surface area contributed by atoms with Crippen molar-refractivity contribution in [2.45, 2.75) is 19.9 Å². The van der Waals surface area contributed by atoms with Crippen molar-refractivity contribution in [2.24, 2.45) is 5.73 Å². The van der Waals surface area contributed by atoms with Gasteiger partial charge in [0, 0.05) is 5.69 Å². The number of rotatable bonds is 2. The molecule has 2 aromatic rings. The molecule has 0 aliphatic carbocycles. The Kier molecular flexibility index (Phi) is 2.51. The fourth-order valence-electron chi connectivity index (χ4n) is 1.57. The molecule has 1 heterocycles. The Morgan fingerprint density at radius 3 is 2.47 bits per heavy atom. The molecule has 0 fully saturated rings. The van der Waals surface area contributed by atoms with Crippen molar-refractivity contribution >= 4 is 0 Å². The van der Waals surface area contributed by atoms with E-state index in [2.05, 4.69) is 10.2 Å². The third kappa shape index (κ3) is 1.76. The summed E-state index contributed by atoms with van der Waals surface area (Å²) in [6.45, 7) is 3.83. The predicted octanol–water partition coefficient (Wildman–Crippen LogP) is 1.60. The van der Waals surface area contributed by atoms with Crippen molar-refractivity contribution in [3.63, 3.8) is 0 Å². The van der Waals surface area contributed by atoms with Crippen LogP contribution in [-0.2, 0) is 0 Å². The summed E-state index contributed by atoms with van der Waals surface area (Å²) in [6, 6.07) is 9.87. The third-order valence-electron chi connectivity index (χ3n) is 2.27. The molecular weight excluding hydrogens is 188 g/mol. The van der Waals surface area contributed by atoms with Gasteiger partial charge in [-0.2, -0.15) is 0 Å². The lowest BCUT2D eigenvalue weighted by atomic mass is 10.3. The van der Waals surface area contributed by atoms with Gasteiger partial charge in [-0.3, -0.25) is 4.57 Å². The highest BCUT2D eigenvalue weighted by Crippen LogP contribution is 2.15. The Hall–Kier alpha value is -1.68. The first-order valence-corrected chi connectivity index (χ1v) is 4.93. The van der Waals surface area contributed by atoms with E-state index in [-0.39, 0.29) is 6.04 Å². The number of nitrogens with two attached hydrogens (primary N) is 1. The summed E-state index contributed by atoms with van der Waals surface area (Å²) in [5, 5.41) is 8.13. The Labute approximate surface area is 88.8 Å². The van der Waals surface area contributed by atoms with E-state index < -0.39 is 0 Å². The average Bonchev–Trinajstić information content (AvgIpc) is 2.61. The summed E-state index contributed by atoms with van der Waals surface area (Å²) < 4.78 is 1.98. The van der Waals surface area contributed by atoms with Gasteiger partial charge in [0.25, 0.3) is 0 Å². The van der Waals surface area contributed by atoms with E-state index >= 15 is 0 Å². The number of aromatic nitrogens is 3. The molecule has 0 aliphatic rings. The summed E-state index contributed by atoms with van der Waals surface area (Å²) in [5.74, 6) is 1.65. The maximum Gasteiger partial charge on any atom is 0.154 e. The van der Waals surface area contributed by atoms with Crippen molar-refractivity contribution in [3.8, 4) is 5.69 Å². The average molecular weight is 202 g/mol. The van der Waals surface area contributed by atoms with Crippen LogP contribution in [0, 0.1) is 6.92 Å². The molecule has 0 radical (unpaired) electrons. The molecule has 15 heavy (non-hydrogen) atoms. The highest BCUT2D eigenvalue weighted by atomic mass is 15.3. The molecule has 0 bridgehead atoms. The zero-order valence-corrected chi connectivity index (χ0v) is 8.88. The first-order chi connectivity index (χ1) is 7.20. The highest BCUT2D eigenvalue weighted by molar-refractivity contribution is 5.34. The minimum absolute atomic E-state index is 0.119. The third-order valence-corrected chi connectivity index (χ3v) is 2.27. The number of para-hydroxylation sites is 1. The smallest absolute Gasteiger partial charge is 0.154 e. The van der Waals surface area contributed by atoms with E-state index in [1.807, 2.05) is 48.7 Å².